The molecule has 0 radical (unpaired) electrons. The number of nitrogens with zero attached hydrogens (tertiary/aromatic N) is 1. The van der Waals surface area contributed by atoms with Crippen LogP contribution in [0.2, 0.25) is 0 Å². The number of hydrogen-bond acceptors (Lipinski definition) is 1. The quantitative estimate of drug-likeness (QED) is 0.131. The van der Waals surface area contributed by atoms with E-state index in [-0.39, 0.29) is 43.5 Å². The Labute approximate surface area is 323 Å². The summed E-state index contributed by atoms with van der Waals surface area (Å²) in [4.78, 5) is 2.39. The molecule has 0 saturated carbocycles. The van der Waals surface area contributed by atoms with Gasteiger partial charge < -0.3 is 0 Å². The molecule has 0 N–H and O–H groups in total. The zero-order valence-corrected chi connectivity index (χ0v) is 33.4. The van der Waals surface area contributed by atoms with Crippen LogP contribution in [0, 0.1) is 0 Å². The Hall–Kier alpha value is -4.88. The molecule has 9 rings (SSSR count). The van der Waals surface area contributed by atoms with Gasteiger partial charge in [-0.15, -0.1) is 0 Å². The Balaban J connectivity index is 1.04. The predicted molar refractivity (Wildman–Crippen MR) is 225 cm³/mol. The van der Waals surface area contributed by atoms with Crippen LogP contribution >= 0.6 is 0 Å². The first kappa shape index (κ1) is 33.0. The first-order chi connectivity index (χ1) is 25.7. The van der Waals surface area contributed by atoms with Gasteiger partial charge in [0, 0.05) is 0 Å². The van der Waals surface area contributed by atoms with Crippen LogP contribution in [0.4, 0.5) is 17.1 Å². The third kappa shape index (κ3) is 6.99. The molecule has 4 heteroatoms. The molecule has 248 valence electrons. The van der Waals surface area contributed by atoms with Gasteiger partial charge in [0.2, 0.25) is 0 Å². The van der Waals surface area contributed by atoms with E-state index in [0.717, 1.165) is 17.1 Å². The van der Waals surface area contributed by atoms with Gasteiger partial charge >= 0.3 is 326 Å². The molecule has 9 aromatic rings. The van der Waals surface area contributed by atoms with E-state index in [0.29, 0.717) is 0 Å². The molecule has 0 aliphatic rings. The second-order valence-electron chi connectivity index (χ2n) is 12.6. The van der Waals surface area contributed by atoms with E-state index in [2.05, 4.69) is 205 Å². The summed E-state index contributed by atoms with van der Waals surface area (Å²) < 4.78 is 8.56. The molecule has 0 fully saturated rings. The van der Waals surface area contributed by atoms with E-state index in [9.17, 15) is 0 Å². The molecule has 0 aliphatic heterocycles. The molecule has 3 heterocycles. The van der Waals surface area contributed by atoms with E-state index in [1.165, 1.54) is 60.0 Å². The Kier molecular flexibility index (Phi) is 9.51. The average Bonchev–Trinajstić information content (AvgIpc) is 4.03. The van der Waals surface area contributed by atoms with Crippen LogP contribution in [0.1, 0.15) is 0 Å². The number of anilines is 3. The van der Waals surface area contributed by atoms with Gasteiger partial charge in [-0.3, -0.25) is 0 Å². The van der Waals surface area contributed by atoms with Crippen LogP contribution < -0.4 is 4.90 Å². The Morgan fingerprint density at radius 1 is 0.212 bits per heavy atom. The second-order valence-corrected chi connectivity index (χ2v) is 19.4. The third-order valence-electron chi connectivity index (χ3n) is 9.22. The average molecular weight is 861 g/mol. The van der Waals surface area contributed by atoms with E-state index in [4.69, 9.17) is 0 Å². The predicted octanol–water partition coefficient (Wildman–Crippen LogP) is 12.3. The van der Waals surface area contributed by atoms with Gasteiger partial charge in [-0.05, 0) is 0 Å². The molecule has 0 unspecified atom stereocenters. The minimum absolute atomic E-state index is 0.283. The zero-order chi connectivity index (χ0) is 34.7. The Morgan fingerprint density at radius 2 is 0.423 bits per heavy atom. The van der Waals surface area contributed by atoms with Crippen LogP contribution in [0.3, 0.4) is 0 Å². The summed E-state index contributed by atoms with van der Waals surface area (Å²) in [5, 5.41) is 0. The van der Waals surface area contributed by atoms with Gasteiger partial charge in [0.05, 0.1) is 0 Å². The van der Waals surface area contributed by atoms with Crippen molar-refractivity contribution in [1.82, 2.24) is 0 Å². The fourth-order valence-electron chi connectivity index (χ4n) is 6.52. The van der Waals surface area contributed by atoms with Gasteiger partial charge in [0.1, 0.15) is 0 Å². The molecule has 1 nitrogen and oxygen atoms in total. The molecular formula is C48H33NSe3. The van der Waals surface area contributed by atoms with Crippen molar-refractivity contribution in [2.24, 2.45) is 0 Å². The SMILES string of the molecule is c1ccc(-c2ccc(-c3ccc(N(c4ccc(-c5ccc(-c6ccccc6)[se]5)cc4)c4ccc(-c5ccc(-c6ccccc6)[se]5)cc4)cc3)[se]2)cc1. The summed E-state index contributed by atoms with van der Waals surface area (Å²) in [6.07, 6.45) is 0. The van der Waals surface area contributed by atoms with Crippen molar-refractivity contribution >= 4 is 60.6 Å². The summed E-state index contributed by atoms with van der Waals surface area (Å²) in [6, 6.07) is 73.6. The van der Waals surface area contributed by atoms with Crippen molar-refractivity contribution < 1.29 is 0 Å². The third-order valence-corrected chi connectivity index (χ3v) is 16.7. The van der Waals surface area contributed by atoms with Gasteiger partial charge in [0.15, 0.2) is 0 Å². The molecule has 0 atom stereocenters. The molecule has 52 heavy (non-hydrogen) atoms. The molecule has 0 saturated heterocycles. The molecule has 0 bridgehead atoms. The second kappa shape index (κ2) is 15.0. The molecule has 0 amide bonds. The summed E-state index contributed by atoms with van der Waals surface area (Å²) in [6.45, 7) is 0. The maximum atomic E-state index is 2.39. The number of rotatable bonds is 9. The van der Waals surface area contributed by atoms with Crippen molar-refractivity contribution in [3.8, 4) is 60.0 Å². The Bertz CT molecular complexity index is 2240. The summed E-state index contributed by atoms with van der Waals surface area (Å²) in [5.41, 5.74) is 11.3. The van der Waals surface area contributed by atoms with Crippen LogP contribution in [0.15, 0.2) is 200 Å². The first-order valence-corrected chi connectivity index (χ1v) is 22.5. The van der Waals surface area contributed by atoms with Crippen LogP contribution in [-0.2, 0) is 0 Å². The van der Waals surface area contributed by atoms with Crippen molar-refractivity contribution in [3.63, 3.8) is 0 Å². The summed E-state index contributed by atoms with van der Waals surface area (Å²) >= 11 is 0.850. The van der Waals surface area contributed by atoms with E-state index >= 15 is 0 Å². The van der Waals surface area contributed by atoms with Crippen LogP contribution in [-0.4, -0.2) is 43.5 Å². The van der Waals surface area contributed by atoms with Gasteiger partial charge in [-0.25, -0.2) is 0 Å². The minimum atomic E-state index is 0.283. The fourth-order valence-corrected chi connectivity index (χ4v) is 12.9. The van der Waals surface area contributed by atoms with E-state index in [1.807, 2.05) is 0 Å². The monoisotopic (exact) mass is 863 g/mol. The molecular weight excluding hydrogens is 827 g/mol. The Morgan fingerprint density at radius 3 is 0.654 bits per heavy atom. The maximum absolute atomic E-state index is 2.39. The van der Waals surface area contributed by atoms with Crippen molar-refractivity contribution in [2.75, 3.05) is 4.90 Å². The molecule has 0 aliphatic carbocycles. The van der Waals surface area contributed by atoms with Crippen molar-refractivity contribution in [1.29, 1.82) is 0 Å². The molecule has 0 spiro atoms. The normalized spacial score (nSPS) is 11.1. The van der Waals surface area contributed by atoms with E-state index < -0.39 is 0 Å². The van der Waals surface area contributed by atoms with Crippen molar-refractivity contribution in [3.05, 3.63) is 200 Å². The topological polar surface area (TPSA) is 3.24 Å². The van der Waals surface area contributed by atoms with Crippen LogP contribution in [0.25, 0.3) is 60.0 Å². The number of benzene rings is 6. The summed E-state index contributed by atoms with van der Waals surface area (Å²) in [7, 11) is 0. The van der Waals surface area contributed by atoms with Gasteiger partial charge in [-0.1, -0.05) is 0 Å². The van der Waals surface area contributed by atoms with Crippen LogP contribution in [0.5, 0.6) is 0 Å². The standard InChI is InChI=1S/C48H33NSe3/c1-4-10-34(11-5-1)43-28-31-46(50-43)37-16-22-40(23-17-37)49(41-24-18-38(19-25-41)47-32-29-44(51-47)35-12-6-2-7-13-35)42-26-20-39(21-27-42)48-33-30-45(52-48)36-14-8-3-9-15-36/h1-33H. The van der Waals surface area contributed by atoms with Gasteiger partial charge in [0.25, 0.3) is 0 Å². The summed E-state index contributed by atoms with van der Waals surface area (Å²) in [5.74, 6) is 0. The van der Waals surface area contributed by atoms with E-state index in [1.54, 1.807) is 0 Å². The molecule has 3 aromatic heterocycles. The zero-order valence-electron chi connectivity index (χ0n) is 28.2. The molecule has 6 aromatic carbocycles. The van der Waals surface area contributed by atoms with Crippen molar-refractivity contribution in [2.45, 2.75) is 0 Å². The first-order valence-electron chi connectivity index (χ1n) is 17.3. The fraction of sp³-hybridized carbons (Fsp3) is 0. The number of hydrogen-bond donors (Lipinski definition) is 0. The van der Waals surface area contributed by atoms with Gasteiger partial charge in [-0.2, -0.15) is 0 Å².